The Hall–Kier alpha value is -2.44. The zero-order valence-corrected chi connectivity index (χ0v) is 9.13. The summed E-state index contributed by atoms with van der Waals surface area (Å²) in [5.74, 6) is -0.874. The summed E-state index contributed by atoms with van der Waals surface area (Å²) in [6.07, 6.45) is 0.285. The van der Waals surface area contributed by atoms with Crippen LogP contribution in [0.15, 0.2) is 12.1 Å². The normalized spacial score (nSPS) is 9.53. The molecule has 0 atom stereocenters. The van der Waals surface area contributed by atoms with E-state index in [2.05, 4.69) is 4.74 Å². The molecule has 1 aromatic carbocycles. The van der Waals surface area contributed by atoms with E-state index in [0.717, 1.165) is 19.2 Å². The maximum atomic E-state index is 11.3. The van der Waals surface area contributed by atoms with Crippen molar-refractivity contribution < 1.29 is 24.0 Å². The Morgan fingerprint density at radius 3 is 2.47 bits per heavy atom. The van der Waals surface area contributed by atoms with Crippen molar-refractivity contribution in [2.45, 2.75) is 0 Å². The summed E-state index contributed by atoms with van der Waals surface area (Å²) in [6.45, 7) is 0. The lowest BCUT2D eigenvalue weighted by Crippen LogP contribution is -2.05. The van der Waals surface area contributed by atoms with Crippen molar-refractivity contribution in [3.8, 4) is 5.75 Å². The van der Waals surface area contributed by atoms with Crippen molar-refractivity contribution in [3.63, 3.8) is 0 Å². The van der Waals surface area contributed by atoms with Crippen molar-refractivity contribution in [2.75, 3.05) is 14.2 Å². The maximum Gasteiger partial charge on any atom is 0.338 e. The first-order valence-electron chi connectivity index (χ1n) is 4.45. The number of nitro benzene ring substituents is 1. The number of carbonyl (C=O) groups is 2. The van der Waals surface area contributed by atoms with Crippen molar-refractivity contribution in [1.29, 1.82) is 0 Å². The summed E-state index contributed by atoms with van der Waals surface area (Å²) in [6, 6.07) is 2.23. The Morgan fingerprint density at radius 1 is 1.41 bits per heavy atom. The fourth-order valence-electron chi connectivity index (χ4n) is 1.31. The predicted molar refractivity (Wildman–Crippen MR) is 56.4 cm³/mol. The van der Waals surface area contributed by atoms with Crippen LogP contribution in [0.5, 0.6) is 5.75 Å². The summed E-state index contributed by atoms with van der Waals surface area (Å²) in [7, 11) is 2.37. The predicted octanol–water partition coefficient (Wildman–Crippen LogP) is 1.20. The van der Waals surface area contributed by atoms with Gasteiger partial charge in [0, 0.05) is 6.07 Å². The van der Waals surface area contributed by atoms with Crippen LogP contribution in [-0.4, -0.2) is 31.4 Å². The molecule has 0 aromatic heterocycles. The van der Waals surface area contributed by atoms with Gasteiger partial charge in [-0.15, -0.1) is 0 Å². The lowest BCUT2D eigenvalue weighted by atomic mass is 10.1. The average Bonchev–Trinajstić information content (AvgIpc) is 2.35. The second-order valence-electron chi connectivity index (χ2n) is 2.98. The van der Waals surface area contributed by atoms with Gasteiger partial charge < -0.3 is 9.47 Å². The molecular formula is C10H9NO6. The Bertz CT molecular complexity index is 482. The number of nitro groups is 1. The highest BCUT2D eigenvalue weighted by atomic mass is 16.6. The SMILES string of the molecule is COC(=O)c1cc(C=O)c([N+](=O)[O-])c(OC)c1. The highest BCUT2D eigenvalue weighted by molar-refractivity contribution is 5.94. The number of hydrogen-bond donors (Lipinski definition) is 0. The van der Waals surface area contributed by atoms with Gasteiger partial charge in [0.1, 0.15) is 0 Å². The molecule has 1 aromatic rings. The summed E-state index contributed by atoms with van der Waals surface area (Å²) in [4.78, 5) is 32.0. The monoisotopic (exact) mass is 239 g/mol. The lowest BCUT2D eigenvalue weighted by molar-refractivity contribution is -0.386. The number of esters is 1. The molecule has 7 heteroatoms. The minimum atomic E-state index is -0.746. The van der Waals surface area contributed by atoms with E-state index in [9.17, 15) is 19.7 Å². The molecule has 0 saturated carbocycles. The van der Waals surface area contributed by atoms with Gasteiger partial charge in [-0.05, 0) is 6.07 Å². The molecule has 0 spiro atoms. The molecule has 0 aliphatic carbocycles. The molecule has 0 unspecified atom stereocenters. The van der Waals surface area contributed by atoms with Crippen LogP contribution in [0.4, 0.5) is 5.69 Å². The van der Waals surface area contributed by atoms with Crippen LogP contribution in [0, 0.1) is 10.1 Å². The number of ether oxygens (including phenoxy) is 2. The molecular weight excluding hydrogens is 230 g/mol. The van der Waals surface area contributed by atoms with Gasteiger partial charge in [0.15, 0.2) is 12.0 Å². The molecule has 0 saturated heterocycles. The smallest absolute Gasteiger partial charge is 0.338 e. The molecule has 0 fully saturated rings. The van der Waals surface area contributed by atoms with Gasteiger partial charge in [0.25, 0.3) is 0 Å². The average molecular weight is 239 g/mol. The molecule has 0 radical (unpaired) electrons. The second kappa shape index (κ2) is 5.06. The van der Waals surface area contributed by atoms with Crippen molar-refractivity contribution in [3.05, 3.63) is 33.4 Å². The van der Waals surface area contributed by atoms with Crippen LogP contribution >= 0.6 is 0 Å². The van der Waals surface area contributed by atoms with Crippen LogP contribution in [-0.2, 0) is 4.74 Å². The summed E-state index contributed by atoms with van der Waals surface area (Å²) in [5, 5.41) is 10.8. The lowest BCUT2D eigenvalue weighted by Gasteiger charge is -2.06. The molecule has 0 aliphatic heterocycles. The third-order valence-corrected chi connectivity index (χ3v) is 2.05. The van der Waals surface area contributed by atoms with Gasteiger partial charge in [-0.1, -0.05) is 0 Å². The van der Waals surface area contributed by atoms with Crippen molar-refractivity contribution >= 4 is 17.9 Å². The number of hydrogen-bond acceptors (Lipinski definition) is 6. The molecule has 0 aliphatic rings. The van der Waals surface area contributed by atoms with E-state index in [0.29, 0.717) is 0 Å². The molecule has 1 rings (SSSR count). The molecule has 90 valence electrons. The van der Waals surface area contributed by atoms with Crippen LogP contribution in [0.3, 0.4) is 0 Å². The third-order valence-electron chi connectivity index (χ3n) is 2.05. The largest absolute Gasteiger partial charge is 0.490 e. The number of rotatable bonds is 4. The van der Waals surface area contributed by atoms with Crippen LogP contribution < -0.4 is 4.74 Å². The topological polar surface area (TPSA) is 95.7 Å². The first-order chi connectivity index (χ1) is 8.04. The molecule has 0 N–H and O–H groups in total. The summed E-state index contributed by atoms with van der Waals surface area (Å²) >= 11 is 0. The highest BCUT2D eigenvalue weighted by Gasteiger charge is 2.23. The maximum absolute atomic E-state index is 11.3. The van der Waals surface area contributed by atoms with Gasteiger partial charge in [-0.25, -0.2) is 4.79 Å². The summed E-state index contributed by atoms with van der Waals surface area (Å²) in [5.41, 5.74) is -0.707. The Morgan fingerprint density at radius 2 is 2.06 bits per heavy atom. The van der Waals surface area contributed by atoms with E-state index < -0.39 is 16.6 Å². The molecule has 0 bridgehead atoms. The first kappa shape index (κ1) is 12.6. The van der Waals surface area contributed by atoms with Gasteiger partial charge >= 0.3 is 11.7 Å². The van der Waals surface area contributed by atoms with Crippen LogP contribution in [0.1, 0.15) is 20.7 Å². The number of benzene rings is 1. The van der Waals surface area contributed by atoms with Crippen LogP contribution in [0.2, 0.25) is 0 Å². The van der Waals surface area contributed by atoms with Crippen LogP contribution in [0.25, 0.3) is 0 Å². The molecule has 17 heavy (non-hydrogen) atoms. The van der Waals surface area contributed by atoms with E-state index in [4.69, 9.17) is 4.74 Å². The minimum absolute atomic E-state index is 0.0112. The molecule has 0 amide bonds. The fraction of sp³-hybridized carbons (Fsp3) is 0.200. The zero-order valence-electron chi connectivity index (χ0n) is 9.13. The summed E-state index contributed by atoms with van der Waals surface area (Å²) < 4.78 is 9.23. The first-order valence-corrected chi connectivity index (χ1v) is 4.45. The quantitative estimate of drug-likeness (QED) is 0.339. The van der Waals surface area contributed by atoms with E-state index in [1.54, 1.807) is 0 Å². The number of aldehydes is 1. The number of methoxy groups -OCH3 is 2. The highest BCUT2D eigenvalue weighted by Crippen LogP contribution is 2.31. The molecule has 7 nitrogen and oxygen atoms in total. The van der Waals surface area contributed by atoms with E-state index in [-0.39, 0.29) is 23.2 Å². The standard InChI is InChI=1S/C10H9NO6/c1-16-8-4-6(10(13)17-2)3-7(5-12)9(8)11(14)15/h3-5H,1-2H3. The van der Waals surface area contributed by atoms with Gasteiger partial charge in [0.2, 0.25) is 0 Å². The van der Waals surface area contributed by atoms with Crippen molar-refractivity contribution in [2.24, 2.45) is 0 Å². The number of carbonyl (C=O) groups excluding carboxylic acids is 2. The Balaban J connectivity index is 3.49. The number of nitrogens with zero attached hydrogens (tertiary/aromatic N) is 1. The fourth-order valence-corrected chi connectivity index (χ4v) is 1.31. The van der Waals surface area contributed by atoms with Gasteiger partial charge in [-0.3, -0.25) is 14.9 Å². The Labute approximate surface area is 96.1 Å². The zero-order chi connectivity index (χ0) is 13.0. The third kappa shape index (κ3) is 2.39. The van der Waals surface area contributed by atoms with E-state index in [1.165, 1.54) is 7.11 Å². The van der Waals surface area contributed by atoms with E-state index in [1.807, 2.05) is 0 Å². The Kier molecular flexibility index (Phi) is 3.76. The molecule has 0 heterocycles. The van der Waals surface area contributed by atoms with E-state index >= 15 is 0 Å². The second-order valence-corrected chi connectivity index (χ2v) is 2.98. The van der Waals surface area contributed by atoms with Gasteiger partial charge in [0.05, 0.1) is 30.3 Å². The van der Waals surface area contributed by atoms with Gasteiger partial charge in [-0.2, -0.15) is 0 Å². The van der Waals surface area contributed by atoms with Crippen molar-refractivity contribution in [1.82, 2.24) is 0 Å². The minimum Gasteiger partial charge on any atom is -0.490 e.